The second-order valence-electron chi connectivity index (χ2n) is 7.71. The molecule has 0 spiro atoms. The standard InChI is InChI=1S/C14H25IO4/c1-11(2,3)13(16)10-7-9(8-15)17-14(10,19-18-13)12(4,5)6/h9-10,16H,7-8H2,1-6H3/t9-,10-,13+,14-/m1/s1. The Kier molecular flexibility index (Phi) is 3.80. The van der Waals surface area contributed by atoms with Crippen LogP contribution in [0.5, 0.6) is 0 Å². The van der Waals surface area contributed by atoms with Gasteiger partial charge in [0, 0.05) is 15.3 Å². The van der Waals surface area contributed by atoms with Gasteiger partial charge in [-0.25, -0.2) is 0 Å². The van der Waals surface area contributed by atoms with E-state index in [9.17, 15) is 5.11 Å². The molecule has 5 heteroatoms. The molecule has 0 bridgehead atoms. The largest absolute Gasteiger partial charge is 0.362 e. The molecule has 0 aliphatic carbocycles. The smallest absolute Gasteiger partial charge is 0.215 e. The van der Waals surface area contributed by atoms with Crippen molar-refractivity contribution < 1.29 is 19.6 Å². The number of halogens is 1. The molecule has 4 atom stereocenters. The Bertz CT molecular complexity index is 359. The summed E-state index contributed by atoms with van der Waals surface area (Å²) < 4.78 is 7.05. The molecule has 0 unspecified atom stereocenters. The van der Waals surface area contributed by atoms with Gasteiger partial charge >= 0.3 is 0 Å². The van der Waals surface area contributed by atoms with Gasteiger partial charge in [-0.3, -0.25) is 0 Å². The fourth-order valence-corrected chi connectivity index (χ4v) is 3.58. The van der Waals surface area contributed by atoms with Crippen LogP contribution in [0.2, 0.25) is 0 Å². The summed E-state index contributed by atoms with van der Waals surface area (Å²) in [7, 11) is 0. The topological polar surface area (TPSA) is 47.9 Å². The third kappa shape index (κ3) is 2.16. The van der Waals surface area contributed by atoms with Gasteiger partial charge in [-0.15, -0.1) is 0 Å². The van der Waals surface area contributed by atoms with Gasteiger partial charge in [-0.2, -0.15) is 9.78 Å². The average Bonchev–Trinajstić information content (AvgIpc) is 2.74. The molecular formula is C14H25IO4. The van der Waals surface area contributed by atoms with E-state index < -0.39 is 17.0 Å². The van der Waals surface area contributed by atoms with Gasteiger partial charge in [0.15, 0.2) is 0 Å². The maximum Gasteiger partial charge on any atom is 0.215 e. The Labute approximate surface area is 129 Å². The van der Waals surface area contributed by atoms with Crippen molar-refractivity contribution in [3.05, 3.63) is 0 Å². The van der Waals surface area contributed by atoms with Crippen LogP contribution in [0, 0.1) is 16.7 Å². The zero-order valence-corrected chi connectivity index (χ0v) is 14.8. The molecule has 0 amide bonds. The zero-order valence-electron chi connectivity index (χ0n) is 12.6. The molecule has 112 valence electrons. The fourth-order valence-electron chi connectivity index (χ4n) is 3.04. The van der Waals surface area contributed by atoms with Crippen molar-refractivity contribution >= 4 is 22.6 Å². The quantitative estimate of drug-likeness (QED) is 0.428. The molecule has 2 heterocycles. The zero-order chi connectivity index (χ0) is 14.7. The van der Waals surface area contributed by atoms with Crippen molar-refractivity contribution in [2.24, 2.45) is 16.7 Å². The lowest BCUT2D eigenvalue weighted by Gasteiger charge is -2.41. The highest BCUT2D eigenvalue weighted by Gasteiger charge is 2.72. The van der Waals surface area contributed by atoms with E-state index in [0.717, 1.165) is 10.8 Å². The van der Waals surface area contributed by atoms with Gasteiger partial charge in [-0.1, -0.05) is 64.1 Å². The molecule has 0 saturated carbocycles. The first kappa shape index (κ1) is 15.9. The number of hydrogen-bond acceptors (Lipinski definition) is 4. The van der Waals surface area contributed by atoms with Crippen molar-refractivity contribution in [3.8, 4) is 0 Å². The van der Waals surface area contributed by atoms with E-state index in [1.165, 1.54) is 0 Å². The molecule has 2 aliphatic rings. The van der Waals surface area contributed by atoms with Crippen molar-refractivity contribution in [2.45, 2.75) is 65.6 Å². The Hall–Kier alpha value is 0.570. The Balaban J connectivity index is 2.44. The summed E-state index contributed by atoms with van der Waals surface area (Å²) in [4.78, 5) is 11.1. The lowest BCUT2D eigenvalue weighted by molar-refractivity contribution is -0.459. The van der Waals surface area contributed by atoms with E-state index in [1.807, 2.05) is 20.8 Å². The molecule has 0 aromatic carbocycles. The molecule has 4 nitrogen and oxygen atoms in total. The first-order valence-electron chi connectivity index (χ1n) is 6.81. The van der Waals surface area contributed by atoms with Crippen LogP contribution in [-0.2, 0) is 14.5 Å². The van der Waals surface area contributed by atoms with Crippen LogP contribution in [-0.4, -0.2) is 27.2 Å². The lowest BCUT2D eigenvalue weighted by Crippen LogP contribution is -2.54. The van der Waals surface area contributed by atoms with Gasteiger partial charge < -0.3 is 9.84 Å². The van der Waals surface area contributed by atoms with E-state index in [0.29, 0.717) is 0 Å². The van der Waals surface area contributed by atoms with Gasteiger partial charge in [-0.05, 0) is 6.42 Å². The van der Waals surface area contributed by atoms with Crippen LogP contribution >= 0.6 is 22.6 Å². The monoisotopic (exact) mass is 384 g/mol. The Morgan fingerprint density at radius 1 is 1.11 bits per heavy atom. The van der Waals surface area contributed by atoms with Crippen LogP contribution in [0.3, 0.4) is 0 Å². The van der Waals surface area contributed by atoms with Gasteiger partial charge in [0.25, 0.3) is 0 Å². The minimum atomic E-state index is -1.32. The maximum atomic E-state index is 11.0. The fraction of sp³-hybridized carbons (Fsp3) is 1.00. The van der Waals surface area contributed by atoms with Gasteiger partial charge in [0.1, 0.15) is 0 Å². The van der Waals surface area contributed by atoms with Crippen molar-refractivity contribution in [2.75, 3.05) is 4.43 Å². The highest BCUT2D eigenvalue weighted by Crippen LogP contribution is 2.61. The highest BCUT2D eigenvalue weighted by molar-refractivity contribution is 14.1. The third-order valence-electron chi connectivity index (χ3n) is 4.36. The van der Waals surface area contributed by atoms with Crippen molar-refractivity contribution in [1.29, 1.82) is 0 Å². The molecule has 0 aromatic rings. The predicted octanol–water partition coefficient (Wildman–Crippen LogP) is 3.27. The number of alkyl halides is 1. The van der Waals surface area contributed by atoms with Gasteiger partial charge in [0.05, 0.1) is 12.0 Å². The Morgan fingerprint density at radius 2 is 1.68 bits per heavy atom. The summed E-state index contributed by atoms with van der Waals surface area (Å²) in [5.74, 6) is -2.37. The summed E-state index contributed by atoms with van der Waals surface area (Å²) in [5.41, 5.74) is -0.706. The van der Waals surface area contributed by atoms with E-state index in [1.54, 1.807) is 0 Å². The minimum absolute atomic E-state index is 0.0996. The molecule has 1 N–H and O–H groups in total. The van der Waals surface area contributed by atoms with E-state index >= 15 is 0 Å². The molecule has 2 fully saturated rings. The highest BCUT2D eigenvalue weighted by atomic mass is 127. The van der Waals surface area contributed by atoms with Gasteiger partial charge in [0.2, 0.25) is 11.6 Å². The first-order chi connectivity index (χ1) is 8.48. The second-order valence-corrected chi connectivity index (χ2v) is 8.59. The number of hydrogen-bond donors (Lipinski definition) is 1. The molecule has 0 aromatic heterocycles. The number of fused-ring (bicyclic) bond motifs is 1. The molecule has 19 heavy (non-hydrogen) atoms. The summed E-state index contributed by atoms with van der Waals surface area (Å²) in [6, 6.07) is 0. The lowest BCUT2D eigenvalue weighted by atomic mass is 9.68. The summed E-state index contributed by atoms with van der Waals surface area (Å²) in [6.45, 7) is 12.1. The molecule has 2 saturated heterocycles. The average molecular weight is 384 g/mol. The molecule has 2 rings (SSSR count). The Morgan fingerprint density at radius 3 is 2.11 bits per heavy atom. The number of rotatable bonds is 1. The second kappa shape index (κ2) is 4.53. The summed E-state index contributed by atoms with van der Waals surface area (Å²) in [5, 5.41) is 11.0. The molecular weight excluding hydrogens is 359 g/mol. The van der Waals surface area contributed by atoms with E-state index in [-0.39, 0.29) is 17.4 Å². The number of ether oxygens (including phenoxy) is 1. The van der Waals surface area contributed by atoms with Crippen LogP contribution in [0.25, 0.3) is 0 Å². The maximum absolute atomic E-state index is 11.0. The minimum Gasteiger partial charge on any atom is -0.362 e. The normalized spacial score (nSPS) is 43.6. The van der Waals surface area contributed by atoms with Crippen LogP contribution in [0.15, 0.2) is 0 Å². The van der Waals surface area contributed by atoms with Crippen LogP contribution in [0.4, 0.5) is 0 Å². The van der Waals surface area contributed by atoms with E-state index in [4.69, 9.17) is 14.5 Å². The predicted molar refractivity (Wildman–Crippen MR) is 80.6 cm³/mol. The first-order valence-corrected chi connectivity index (χ1v) is 8.33. The van der Waals surface area contributed by atoms with Crippen molar-refractivity contribution in [1.82, 2.24) is 0 Å². The van der Waals surface area contributed by atoms with Crippen molar-refractivity contribution in [3.63, 3.8) is 0 Å². The van der Waals surface area contributed by atoms with Crippen LogP contribution in [0.1, 0.15) is 48.0 Å². The SMILES string of the molecule is CC(C)(C)[C@]12OO[C@](O)(C(C)(C)C)[C@H]1C[C@H](CI)O2. The number of aliphatic hydroxyl groups is 1. The van der Waals surface area contributed by atoms with E-state index in [2.05, 4.69) is 43.4 Å². The third-order valence-corrected chi connectivity index (χ3v) is 5.34. The molecule has 0 radical (unpaired) electrons. The summed E-state index contributed by atoms with van der Waals surface area (Å²) >= 11 is 2.31. The summed E-state index contributed by atoms with van der Waals surface area (Å²) in [6.07, 6.45) is 0.858. The molecule has 2 aliphatic heterocycles. The van der Waals surface area contributed by atoms with Crippen LogP contribution < -0.4 is 0 Å².